The van der Waals surface area contributed by atoms with E-state index in [4.69, 9.17) is 4.74 Å². The summed E-state index contributed by atoms with van der Waals surface area (Å²) in [6, 6.07) is 7.25. The van der Waals surface area contributed by atoms with Gasteiger partial charge in [-0.1, -0.05) is 38.8 Å². The molecule has 0 saturated heterocycles. The third-order valence-electron chi connectivity index (χ3n) is 5.68. The minimum Gasteiger partial charge on any atom is -0.467 e. The minimum atomic E-state index is -0.484. The second kappa shape index (κ2) is 9.02. The lowest BCUT2D eigenvalue weighted by molar-refractivity contribution is -0.123. The van der Waals surface area contributed by atoms with Crippen molar-refractivity contribution in [3.63, 3.8) is 0 Å². The second-order valence-electron chi connectivity index (χ2n) is 7.61. The van der Waals surface area contributed by atoms with Gasteiger partial charge in [-0.2, -0.15) is 4.98 Å². The Labute approximate surface area is 159 Å². The van der Waals surface area contributed by atoms with Crippen molar-refractivity contribution in [2.24, 2.45) is 17.8 Å². The number of para-hydroxylation sites is 1. The zero-order chi connectivity index (χ0) is 19.2. The van der Waals surface area contributed by atoms with E-state index < -0.39 is 5.69 Å². The van der Waals surface area contributed by atoms with E-state index in [2.05, 4.69) is 29.1 Å². The maximum atomic E-state index is 12.2. The number of carbonyl (C=O) groups excluding carboxylic acids is 1. The maximum absolute atomic E-state index is 12.2. The van der Waals surface area contributed by atoms with Gasteiger partial charge >= 0.3 is 5.69 Å². The normalized spacial score (nSPS) is 22.5. The zero-order valence-corrected chi connectivity index (χ0v) is 16.2. The van der Waals surface area contributed by atoms with Crippen LogP contribution in [0.3, 0.4) is 0 Å². The van der Waals surface area contributed by atoms with Crippen LogP contribution >= 0.6 is 0 Å². The molecule has 0 bridgehead atoms. The number of nitrogens with one attached hydrogen (secondary N) is 2. The molecule has 6 nitrogen and oxygen atoms in total. The van der Waals surface area contributed by atoms with Gasteiger partial charge in [-0.25, -0.2) is 4.79 Å². The Bertz CT molecular complexity index is 821. The van der Waals surface area contributed by atoms with Crippen LogP contribution in [0, 0.1) is 17.8 Å². The van der Waals surface area contributed by atoms with Crippen LogP contribution in [0.15, 0.2) is 29.1 Å². The smallest absolute Gasteiger partial charge is 0.348 e. The van der Waals surface area contributed by atoms with Crippen LogP contribution in [0.25, 0.3) is 10.9 Å². The molecule has 1 fully saturated rings. The summed E-state index contributed by atoms with van der Waals surface area (Å²) in [6.45, 7) is 5.07. The van der Waals surface area contributed by atoms with Crippen molar-refractivity contribution in [3.05, 3.63) is 34.7 Å². The van der Waals surface area contributed by atoms with E-state index in [1.54, 1.807) is 6.07 Å². The van der Waals surface area contributed by atoms with Crippen molar-refractivity contribution in [3.8, 4) is 5.88 Å². The van der Waals surface area contributed by atoms with Gasteiger partial charge in [0.15, 0.2) is 6.61 Å². The van der Waals surface area contributed by atoms with Crippen molar-refractivity contribution >= 4 is 16.8 Å². The molecule has 0 radical (unpaired) electrons. The molecule has 0 aliphatic heterocycles. The van der Waals surface area contributed by atoms with Crippen LogP contribution in [0.5, 0.6) is 5.88 Å². The predicted octanol–water partition coefficient (Wildman–Crippen LogP) is 3.27. The average Bonchev–Trinajstić information content (AvgIpc) is 2.69. The Morgan fingerprint density at radius 3 is 2.52 bits per heavy atom. The summed E-state index contributed by atoms with van der Waals surface area (Å²) in [5, 5.41) is 3.69. The highest BCUT2D eigenvalue weighted by Gasteiger charge is 2.27. The number of fused-ring (bicyclic) bond motifs is 1. The SMILES string of the molecule is CCC1CC(CC)CC(CNC(=O)COc2nc(=O)[nH]c3ccccc23)C1. The molecule has 0 spiro atoms. The molecule has 1 saturated carbocycles. The number of aromatic nitrogens is 2. The fraction of sp³-hybridized carbons (Fsp3) is 0.571. The molecule has 1 aromatic heterocycles. The molecule has 2 N–H and O–H groups in total. The molecule has 1 aliphatic rings. The molecule has 2 aromatic rings. The first-order chi connectivity index (χ1) is 13.1. The van der Waals surface area contributed by atoms with E-state index in [-0.39, 0.29) is 18.4 Å². The van der Waals surface area contributed by atoms with E-state index in [0.29, 0.717) is 23.4 Å². The molecule has 1 amide bonds. The second-order valence-corrected chi connectivity index (χ2v) is 7.61. The summed E-state index contributed by atoms with van der Waals surface area (Å²) in [4.78, 5) is 30.4. The van der Waals surface area contributed by atoms with Crippen LogP contribution in [0.1, 0.15) is 46.0 Å². The Morgan fingerprint density at radius 1 is 1.15 bits per heavy atom. The van der Waals surface area contributed by atoms with Crippen LogP contribution in [0.4, 0.5) is 0 Å². The number of nitrogens with zero attached hydrogens (tertiary/aromatic N) is 1. The lowest BCUT2D eigenvalue weighted by Crippen LogP contribution is -2.36. The van der Waals surface area contributed by atoms with Gasteiger partial charge in [0.25, 0.3) is 5.91 Å². The topological polar surface area (TPSA) is 84.1 Å². The zero-order valence-electron chi connectivity index (χ0n) is 16.2. The monoisotopic (exact) mass is 371 g/mol. The van der Waals surface area contributed by atoms with Crippen molar-refractivity contribution in [1.82, 2.24) is 15.3 Å². The Balaban J connectivity index is 1.54. The molecule has 2 atom stereocenters. The summed E-state index contributed by atoms with van der Waals surface area (Å²) in [6.07, 6.45) is 6.13. The highest BCUT2D eigenvalue weighted by molar-refractivity contribution is 5.83. The Kier molecular flexibility index (Phi) is 6.48. The fourth-order valence-electron chi connectivity index (χ4n) is 4.16. The van der Waals surface area contributed by atoms with Crippen LogP contribution in [-0.2, 0) is 4.79 Å². The van der Waals surface area contributed by atoms with Gasteiger partial charge in [0, 0.05) is 6.54 Å². The van der Waals surface area contributed by atoms with E-state index in [1.807, 2.05) is 18.2 Å². The van der Waals surface area contributed by atoms with Crippen molar-refractivity contribution < 1.29 is 9.53 Å². The molecule has 1 heterocycles. The molecule has 27 heavy (non-hydrogen) atoms. The number of H-pyrrole nitrogens is 1. The average molecular weight is 371 g/mol. The third-order valence-corrected chi connectivity index (χ3v) is 5.68. The molecular weight excluding hydrogens is 342 g/mol. The molecule has 2 unspecified atom stereocenters. The first kappa shape index (κ1) is 19.4. The highest BCUT2D eigenvalue weighted by atomic mass is 16.5. The number of benzene rings is 1. The third kappa shape index (κ3) is 5.08. The van der Waals surface area contributed by atoms with Crippen molar-refractivity contribution in [2.45, 2.75) is 46.0 Å². The van der Waals surface area contributed by atoms with Gasteiger partial charge in [0.2, 0.25) is 5.88 Å². The van der Waals surface area contributed by atoms with E-state index >= 15 is 0 Å². The molecule has 1 aromatic carbocycles. The summed E-state index contributed by atoms with van der Waals surface area (Å²) in [7, 11) is 0. The standard InChI is InChI=1S/C21H29N3O3/c1-3-14-9-15(4-2)11-16(10-14)12-22-19(25)13-27-20-17-7-5-6-8-18(17)23-21(26)24-20/h5-8,14-16H,3-4,9-13H2,1-2H3,(H,22,25)(H,23,24,26). The number of aromatic amines is 1. The molecular formula is C21H29N3O3. The molecule has 146 valence electrons. The Hall–Kier alpha value is -2.37. The molecule has 1 aliphatic carbocycles. The minimum absolute atomic E-state index is 0.137. The summed E-state index contributed by atoms with van der Waals surface area (Å²) < 4.78 is 5.54. The highest BCUT2D eigenvalue weighted by Crippen LogP contribution is 2.36. The molecule has 3 rings (SSSR count). The van der Waals surface area contributed by atoms with Gasteiger partial charge in [-0.05, 0) is 49.1 Å². The van der Waals surface area contributed by atoms with E-state index in [0.717, 1.165) is 11.8 Å². The van der Waals surface area contributed by atoms with Gasteiger partial charge in [0.05, 0.1) is 10.9 Å². The Morgan fingerprint density at radius 2 is 1.81 bits per heavy atom. The first-order valence-electron chi connectivity index (χ1n) is 9.97. The number of rotatable bonds is 7. The lowest BCUT2D eigenvalue weighted by Gasteiger charge is -2.34. The van der Waals surface area contributed by atoms with Gasteiger partial charge in [0.1, 0.15) is 0 Å². The van der Waals surface area contributed by atoms with Gasteiger partial charge in [-0.15, -0.1) is 0 Å². The summed E-state index contributed by atoms with van der Waals surface area (Å²) in [5.41, 5.74) is 0.161. The fourth-order valence-corrected chi connectivity index (χ4v) is 4.16. The van der Waals surface area contributed by atoms with Crippen LogP contribution in [0.2, 0.25) is 0 Å². The number of hydrogen-bond donors (Lipinski definition) is 2. The van der Waals surface area contributed by atoms with Crippen molar-refractivity contribution in [1.29, 1.82) is 0 Å². The summed E-state index contributed by atoms with van der Waals surface area (Å²) >= 11 is 0. The van der Waals surface area contributed by atoms with Crippen molar-refractivity contribution in [2.75, 3.05) is 13.2 Å². The predicted molar refractivity (Wildman–Crippen MR) is 106 cm³/mol. The maximum Gasteiger partial charge on any atom is 0.348 e. The quantitative estimate of drug-likeness (QED) is 0.782. The first-order valence-corrected chi connectivity index (χ1v) is 9.97. The molecule has 6 heteroatoms. The van der Waals surface area contributed by atoms with Crippen LogP contribution in [-0.4, -0.2) is 29.0 Å². The summed E-state index contributed by atoms with van der Waals surface area (Å²) in [5.74, 6) is 2.10. The van der Waals surface area contributed by atoms with E-state index in [1.165, 1.54) is 32.1 Å². The number of amides is 1. The number of carbonyl (C=O) groups is 1. The van der Waals surface area contributed by atoms with Crippen LogP contribution < -0.4 is 15.7 Å². The van der Waals surface area contributed by atoms with Gasteiger partial charge < -0.3 is 15.0 Å². The van der Waals surface area contributed by atoms with Gasteiger partial charge in [-0.3, -0.25) is 4.79 Å². The van der Waals surface area contributed by atoms with E-state index in [9.17, 15) is 9.59 Å². The lowest BCUT2D eigenvalue weighted by atomic mass is 9.73. The number of hydrogen-bond acceptors (Lipinski definition) is 4. The largest absolute Gasteiger partial charge is 0.467 e. The number of ether oxygens (including phenoxy) is 1.